The van der Waals surface area contributed by atoms with Gasteiger partial charge >= 0.3 is 5.85 Å². The summed E-state index contributed by atoms with van der Waals surface area (Å²) in [7, 11) is 1.38. The van der Waals surface area contributed by atoms with Crippen LogP contribution in [-0.2, 0) is 6.54 Å². The van der Waals surface area contributed by atoms with Gasteiger partial charge in [0.05, 0.1) is 5.69 Å². The van der Waals surface area contributed by atoms with E-state index in [-0.39, 0.29) is 5.75 Å². The zero-order valence-electron chi connectivity index (χ0n) is 15.6. The van der Waals surface area contributed by atoms with Crippen molar-refractivity contribution in [3.8, 4) is 5.75 Å². The molecule has 148 valence electrons. The number of aromatic nitrogens is 4. The highest BCUT2D eigenvalue weighted by Gasteiger charge is 2.25. The third-order valence-corrected chi connectivity index (χ3v) is 5.03. The first-order valence-corrected chi connectivity index (χ1v) is 9.79. The number of ether oxygens (including phenoxy) is 1. The number of rotatable bonds is 5. The molecular weight excluding hydrogens is 383 g/mol. The van der Waals surface area contributed by atoms with Gasteiger partial charge in [-0.05, 0) is 59.3 Å². The van der Waals surface area contributed by atoms with Crippen LogP contribution in [0.3, 0.4) is 0 Å². The summed E-state index contributed by atoms with van der Waals surface area (Å²) >= 11 is 0. The molecule has 3 aromatic rings. The molecule has 0 spiro atoms. The van der Waals surface area contributed by atoms with Gasteiger partial charge in [0.15, 0.2) is 0 Å². The average Bonchev–Trinajstić information content (AvgIpc) is 3.10. The maximum atomic E-state index is 12.9. The Balaban J connectivity index is 1.46. The average molecular weight is 405 g/mol. The maximum absolute atomic E-state index is 12.9. The first kappa shape index (κ1) is 19.2. The van der Waals surface area contributed by atoms with Crippen LogP contribution >= 0.6 is 9.24 Å². The summed E-state index contributed by atoms with van der Waals surface area (Å²) in [4.78, 5) is 11.0. The highest BCUT2D eigenvalue weighted by Crippen LogP contribution is 2.29. The minimum atomic E-state index is -3.25. The minimum absolute atomic E-state index is 0.154. The molecular formula is C19H22F2N5OP. The molecule has 1 aromatic carbocycles. The molecule has 0 aliphatic carbocycles. The number of alkyl halides is 2. The van der Waals surface area contributed by atoms with Gasteiger partial charge in [0.25, 0.3) is 5.78 Å². The van der Waals surface area contributed by atoms with Crippen molar-refractivity contribution in [3.05, 3.63) is 53.6 Å². The van der Waals surface area contributed by atoms with Gasteiger partial charge in [-0.25, -0.2) is 9.50 Å². The topological polar surface area (TPSA) is 55.6 Å². The number of piperidine rings is 1. The first-order chi connectivity index (χ1) is 13.4. The van der Waals surface area contributed by atoms with Gasteiger partial charge in [-0.1, -0.05) is 12.1 Å². The van der Waals surface area contributed by atoms with Crippen molar-refractivity contribution in [2.75, 3.05) is 13.1 Å². The highest BCUT2D eigenvalue weighted by atomic mass is 31.0. The number of benzene rings is 1. The molecule has 2 unspecified atom stereocenters. The Morgan fingerprint density at radius 1 is 1.29 bits per heavy atom. The maximum Gasteiger partial charge on any atom is 0.408 e. The molecule has 1 aliphatic rings. The lowest BCUT2D eigenvalue weighted by Crippen LogP contribution is -2.34. The normalized spacial score (nSPS) is 18.5. The van der Waals surface area contributed by atoms with E-state index in [0.717, 1.165) is 49.4 Å². The quantitative estimate of drug-likeness (QED) is 0.607. The number of likely N-dealkylation sites (tertiary alicyclic amines) is 1. The fourth-order valence-electron chi connectivity index (χ4n) is 3.77. The van der Waals surface area contributed by atoms with E-state index in [2.05, 4.69) is 30.8 Å². The van der Waals surface area contributed by atoms with Crippen LogP contribution in [0.4, 0.5) is 8.78 Å². The lowest BCUT2D eigenvalue weighted by molar-refractivity contribution is -0.0892. The van der Waals surface area contributed by atoms with E-state index in [0.29, 0.717) is 11.7 Å². The molecule has 9 heteroatoms. The number of aryl methyl sites for hydroxylation is 1. The molecule has 1 aliphatic heterocycles. The molecule has 6 nitrogen and oxygen atoms in total. The van der Waals surface area contributed by atoms with Gasteiger partial charge in [-0.2, -0.15) is 18.9 Å². The molecule has 0 saturated carbocycles. The number of hydrogen-bond donors (Lipinski definition) is 0. The summed E-state index contributed by atoms with van der Waals surface area (Å²) in [6.07, 6.45) is 3.71. The fraction of sp³-hybridized carbons (Fsp3) is 0.421. The SMILES string of the molecule is Cc1cc(C2CCCN(Cc3ccc(OC(F)(F)P)cc3)C2)n2ncnc2n1. The second-order valence-corrected chi connectivity index (χ2v) is 7.85. The summed E-state index contributed by atoms with van der Waals surface area (Å²) in [5.41, 5.74) is 3.14. The van der Waals surface area contributed by atoms with E-state index in [1.807, 2.05) is 23.6 Å². The summed E-state index contributed by atoms with van der Waals surface area (Å²) < 4.78 is 32.2. The lowest BCUT2D eigenvalue weighted by atomic mass is 9.93. The zero-order valence-corrected chi connectivity index (χ0v) is 16.7. The summed E-state index contributed by atoms with van der Waals surface area (Å²) in [5, 5.41) is 4.33. The van der Waals surface area contributed by atoms with E-state index in [1.165, 1.54) is 15.6 Å². The summed E-state index contributed by atoms with van der Waals surface area (Å²) in [6.45, 7) is 4.64. The van der Waals surface area contributed by atoms with Crippen LogP contribution in [0.2, 0.25) is 0 Å². The van der Waals surface area contributed by atoms with Crippen LogP contribution in [0, 0.1) is 6.92 Å². The molecule has 0 amide bonds. The molecule has 0 radical (unpaired) electrons. The van der Waals surface area contributed by atoms with Crippen LogP contribution < -0.4 is 4.74 Å². The van der Waals surface area contributed by atoms with Gasteiger partial charge < -0.3 is 4.74 Å². The minimum Gasteiger partial charge on any atom is -0.430 e. The molecule has 1 saturated heterocycles. The molecule has 3 heterocycles. The smallest absolute Gasteiger partial charge is 0.408 e. The Bertz CT molecular complexity index is 957. The van der Waals surface area contributed by atoms with Crippen molar-refractivity contribution in [2.24, 2.45) is 0 Å². The van der Waals surface area contributed by atoms with Gasteiger partial charge in [0.1, 0.15) is 12.1 Å². The van der Waals surface area contributed by atoms with Crippen molar-refractivity contribution in [1.82, 2.24) is 24.5 Å². The first-order valence-electron chi connectivity index (χ1n) is 9.22. The van der Waals surface area contributed by atoms with Crippen LogP contribution in [-0.4, -0.2) is 43.4 Å². The van der Waals surface area contributed by atoms with Crippen LogP contribution in [0.25, 0.3) is 5.78 Å². The van der Waals surface area contributed by atoms with Gasteiger partial charge in [-0.15, -0.1) is 0 Å². The van der Waals surface area contributed by atoms with Crippen LogP contribution in [0.1, 0.15) is 35.7 Å². The van der Waals surface area contributed by atoms with Crippen molar-refractivity contribution in [2.45, 2.75) is 38.1 Å². The molecule has 0 N–H and O–H groups in total. The van der Waals surface area contributed by atoms with Crippen molar-refractivity contribution in [1.29, 1.82) is 0 Å². The van der Waals surface area contributed by atoms with Gasteiger partial charge in [-0.3, -0.25) is 4.90 Å². The Morgan fingerprint density at radius 2 is 2.07 bits per heavy atom. The van der Waals surface area contributed by atoms with Crippen molar-refractivity contribution in [3.63, 3.8) is 0 Å². The standard InChI is InChI=1S/C19H22F2N5OP/c1-13-9-17(26-18(24-13)22-12-23-26)15-3-2-8-25(11-15)10-14-4-6-16(7-5-14)27-19(20,21)28/h4-7,9,12,15H,2-3,8,10-11,28H2,1H3. The van der Waals surface area contributed by atoms with E-state index < -0.39 is 5.85 Å². The fourth-order valence-corrected chi connectivity index (χ4v) is 3.90. The molecule has 28 heavy (non-hydrogen) atoms. The van der Waals surface area contributed by atoms with Gasteiger partial charge in [0.2, 0.25) is 0 Å². The highest BCUT2D eigenvalue weighted by molar-refractivity contribution is 7.17. The summed E-state index contributed by atoms with van der Waals surface area (Å²) in [5.74, 6) is -2.12. The molecule has 2 aromatic heterocycles. The number of hydrogen-bond acceptors (Lipinski definition) is 5. The Morgan fingerprint density at radius 3 is 2.82 bits per heavy atom. The largest absolute Gasteiger partial charge is 0.430 e. The third kappa shape index (κ3) is 4.45. The number of nitrogens with zero attached hydrogens (tertiary/aromatic N) is 5. The zero-order chi connectivity index (χ0) is 19.7. The predicted molar refractivity (Wildman–Crippen MR) is 104 cm³/mol. The summed E-state index contributed by atoms with van der Waals surface area (Å²) in [6, 6.07) is 8.92. The Kier molecular flexibility index (Phi) is 5.25. The molecule has 4 rings (SSSR count). The Hall–Kier alpha value is -2.18. The van der Waals surface area contributed by atoms with Gasteiger partial charge in [0, 0.05) is 24.7 Å². The van der Waals surface area contributed by atoms with Crippen LogP contribution in [0.5, 0.6) is 5.75 Å². The lowest BCUT2D eigenvalue weighted by Gasteiger charge is -2.33. The number of halogens is 2. The predicted octanol–water partition coefficient (Wildman–Crippen LogP) is 3.62. The van der Waals surface area contributed by atoms with E-state index in [9.17, 15) is 8.78 Å². The second-order valence-electron chi connectivity index (χ2n) is 7.18. The Labute approximate surface area is 164 Å². The molecule has 1 fully saturated rings. The third-order valence-electron chi connectivity index (χ3n) is 4.91. The molecule has 0 bridgehead atoms. The monoisotopic (exact) mass is 405 g/mol. The van der Waals surface area contributed by atoms with E-state index in [1.54, 1.807) is 12.1 Å². The molecule has 2 atom stereocenters. The van der Waals surface area contributed by atoms with Crippen molar-refractivity contribution < 1.29 is 13.5 Å². The van der Waals surface area contributed by atoms with E-state index >= 15 is 0 Å². The van der Waals surface area contributed by atoms with Crippen LogP contribution in [0.15, 0.2) is 36.7 Å². The number of fused-ring (bicyclic) bond motifs is 1. The second kappa shape index (κ2) is 7.68. The van der Waals surface area contributed by atoms with E-state index in [4.69, 9.17) is 0 Å². The van der Waals surface area contributed by atoms with Crippen molar-refractivity contribution >= 4 is 15.0 Å².